The Morgan fingerprint density at radius 2 is 2.40 bits per heavy atom. The van der Waals surface area contributed by atoms with E-state index in [9.17, 15) is 0 Å². The molecule has 0 N–H and O–H groups in total. The molecule has 0 bridgehead atoms. The first-order chi connectivity index (χ1) is 4.66. The predicted molar refractivity (Wildman–Crippen MR) is 42.8 cm³/mol. The first-order valence-corrected chi connectivity index (χ1v) is 3.44. The van der Waals surface area contributed by atoms with E-state index in [0.29, 0.717) is 5.76 Å². The third-order valence-electron chi connectivity index (χ3n) is 1.71. The molecule has 4 heteroatoms. The number of thiol groups is 1. The summed E-state index contributed by atoms with van der Waals surface area (Å²) in [5.41, 5.74) is 0. The maximum absolute atomic E-state index is 5.54. The molecule has 1 saturated heterocycles. The molecule has 2 nitrogen and oxygen atoms in total. The van der Waals surface area contributed by atoms with Crippen molar-refractivity contribution in [3.63, 3.8) is 0 Å². The lowest BCUT2D eigenvalue weighted by Gasteiger charge is -2.10. The Kier molecular flexibility index (Phi) is 2.31. The Labute approximate surface area is 67.6 Å². The van der Waals surface area contributed by atoms with Crippen LogP contribution in [0.5, 0.6) is 0 Å². The molecule has 0 amide bonds. The van der Waals surface area contributed by atoms with Gasteiger partial charge in [0, 0.05) is 5.92 Å². The van der Waals surface area contributed by atoms with E-state index in [1.165, 1.54) is 0 Å². The van der Waals surface area contributed by atoms with Crippen LogP contribution < -0.4 is 0 Å². The van der Waals surface area contributed by atoms with Crippen LogP contribution in [-0.4, -0.2) is 20.0 Å². The molecule has 0 aromatic rings. The summed E-state index contributed by atoms with van der Waals surface area (Å²) in [7, 11) is 5.54. The van der Waals surface area contributed by atoms with E-state index < -0.39 is 0 Å². The summed E-state index contributed by atoms with van der Waals surface area (Å²) in [6, 6.07) is -0.301. The molecule has 0 saturated carbocycles. The van der Waals surface area contributed by atoms with E-state index in [2.05, 4.69) is 19.5 Å². The van der Waals surface area contributed by atoms with Gasteiger partial charge in [-0.15, -0.1) is 0 Å². The van der Waals surface area contributed by atoms with Crippen molar-refractivity contribution in [2.75, 3.05) is 0 Å². The van der Waals surface area contributed by atoms with Crippen LogP contribution in [0.3, 0.4) is 0 Å². The Morgan fingerprint density at radius 1 is 1.80 bits per heavy atom. The third kappa shape index (κ3) is 1.18. The highest BCUT2D eigenvalue weighted by atomic mass is 32.1. The van der Waals surface area contributed by atoms with E-state index in [-0.39, 0.29) is 18.0 Å². The summed E-state index contributed by atoms with van der Waals surface area (Å²) in [6.07, 6.45) is -0.168. The minimum absolute atomic E-state index is 0.130. The Morgan fingerprint density at radius 3 is 2.60 bits per heavy atom. The Balaban J connectivity index is 2.64. The van der Waals surface area contributed by atoms with E-state index >= 15 is 0 Å². The summed E-state index contributed by atoms with van der Waals surface area (Å²) in [4.78, 5) is 0. The summed E-state index contributed by atoms with van der Waals surface area (Å²) in [5.74, 6) is 0.694. The lowest BCUT2D eigenvalue weighted by atomic mass is 9.87. The van der Waals surface area contributed by atoms with Crippen LogP contribution in [0, 0.1) is 5.92 Å². The molecular weight excluding hydrogens is 147 g/mol. The lowest BCUT2D eigenvalue weighted by Crippen LogP contribution is -2.20. The third-order valence-corrected chi connectivity index (χ3v) is 1.94. The fraction of sp³-hybridized carbons (Fsp3) is 0.667. The van der Waals surface area contributed by atoms with Crippen molar-refractivity contribution in [1.82, 2.24) is 0 Å². The van der Waals surface area contributed by atoms with Crippen molar-refractivity contribution in [3.8, 4) is 0 Å². The minimum atomic E-state index is -0.301. The Bertz CT molecular complexity index is 151. The van der Waals surface area contributed by atoms with E-state index in [1.807, 2.05) is 6.92 Å². The van der Waals surface area contributed by atoms with E-state index in [1.54, 1.807) is 0 Å². The monoisotopic (exact) mass is 156 g/mol. The smallest absolute Gasteiger partial charge is 0.133 e. The molecule has 0 aliphatic carbocycles. The highest BCUT2D eigenvalue weighted by Crippen LogP contribution is 2.29. The van der Waals surface area contributed by atoms with Crippen molar-refractivity contribution in [2.45, 2.75) is 19.0 Å². The van der Waals surface area contributed by atoms with Gasteiger partial charge in [-0.05, 0) is 12.9 Å². The summed E-state index contributed by atoms with van der Waals surface area (Å²) < 4.78 is 9.88. The van der Waals surface area contributed by atoms with Crippen molar-refractivity contribution in [2.24, 2.45) is 5.92 Å². The van der Waals surface area contributed by atoms with Crippen molar-refractivity contribution in [1.29, 1.82) is 0 Å². The molecule has 10 heavy (non-hydrogen) atoms. The van der Waals surface area contributed by atoms with Crippen molar-refractivity contribution < 1.29 is 8.92 Å². The lowest BCUT2D eigenvalue weighted by molar-refractivity contribution is 0.208. The van der Waals surface area contributed by atoms with Gasteiger partial charge in [0.15, 0.2) is 0 Å². The molecule has 1 aliphatic heterocycles. The zero-order chi connectivity index (χ0) is 7.72. The van der Waals surface area contributed by atoms with Crippen molar-refractivity contribution >= 4 is 20.8 Å². The molecule has 1 rings (SSSR count). The fourth-order valence-electron chi connectivity index (χ4n) is 0.969. The predicted octanol–water partition coefficient (Wildman–Crippen LogP) is 0.891. The average Bonchev–Trinajstić information content (AvgIpc) is 2.09. The molecule has 0 spiro atoms. The van der Waals surface area contributed by atoms with Gasteiger partial charge in [-0.1, -0.05) is 13.5 Å². The average molecular weight is 156 g/mol. The van der Waals surface area contributed by atoms with Crippen LogP contribution in [-0.2, 0) is 8.92 Å². The molecule has 1 heterocycles. The van der Waals surface area contributed by atoms with Gasteiger partial charge in [0.05, 0.1) is 6.00 Å². The fourth-order valence-corrected chi connectivity index (χ4v) is 1.28. The van der Waals surface area contributed by atoms with Crippen LogP contribution in [0.2, 0.25) is 0 Å². The quantitative estimate of drug-likeness (QED) is 0.345. The van der Waals surface area contributed by atoms with Crippen LogP contribution in [0.1, 0.15) is 6.92 Å². The number of hydrogen-bond acceptors (Lipinski definition) is 3. The van der Waals surface area contributed by atoms with Gasteiger partial charge in [-0.2, -0.15) is 0 Å². The topological polar surface area (TPSA) is 18.5 Å². The minimum Gasteiger partial charge on any atom is -0.502 e. The van der Waals surface area contributed by atoms with Gasteiger partial charge in [-0.25, -0.2) is 0 Å². The zero-order valence-corrected chi connectivity index (χ0v) is 6.67. The van der Waals surface area contributed by atoms with Crippen LogP contribution in [0.25, 0.3) is 0 Å². The largest absolute Gasteiger partial charge is 0.502 e. The molecule has 0 aromatic heterocycles. The normalized spacial score (nSPS) is 39.8. The van der Waals surface area contributed by atoms with Gasteiger partial charge in [0.2, 0.25) is 0 Å². The van der Waals surface area contributed by atoms with Crippen LogP contribution in [0.4, 0.5) is 0 Å². The molecule has 3 unspecified atom stereocenters. The van der Waals surface area contributed by atoms with Gasteiger partial charge in [0.1, 0.15) is 19.7 Å². The van der Waals surface area contributed by atoms with Crippen LogP contribution in [0.15, 0.2) is 12.3 Å². The van der Waals surface area contributed by atoms with Gasteiger partial charge in [-0.3, -0.25) is 0 Å². The first kappa shape index (κ1) is 8.02. The second-order valence-electron chi connectivity index (χ2n) is 2.43. The second kappa shape index (κ2) is 2.88. The standard InChI is InChI=1S/C6H9BO2S/c1-3-5(9-10)4(2)8-6(3)7/h3,5-6,10H,2H2,1H3. The maximum atomic E-state index is 5.54. The Hall–Kier alpha value is -0.0851. The number of rotatable bonds is 1. The van der Waals surface area contributed by atoms with Gasteiger partial charge in [0.25, 0.3) is 0 Å². The number of hydrogen-bond donors (Lipinski definition) is 1. The molecule has 1 aliphatic rings. The molecule has 2 radical (unpaired) electrons. The van der Waals surface area contributed by atoms with Gasteiger partial charge >= 0.3 is 0 Å². The van der Waals surface area contributed by atoms with E-state index in [0.717, 1.165) is 0 Å². The van der Waals surface area contributed by atoms with E-state index in [4.69, 9.17) is 16.8 Å². The summed E-state index contributed by atoms with van der Waals surface area (Å²) in [5, 5.41) is 0. The highest BCUT2D eigenvalue weighted by molar-refractivity contribution is 7.75. The SMILES string of the molecule is [B]C1OC(=C)C(OS)C1C. The zero-order valence-electron chi connectivity index (χ0n) is 5.78. The molecular formula is C6H9BO2S. The van der Waals surface area contributed by atoms with Gasteiger partial charge < -0.3 is 8.92 Å². The highest BCUT2D eigenvalue weighted by Gasteiger charge is 2.34. The molecule has 1 fully saturated rings. The molecule has 3 atom stereocenters. The summed E-state index contributed by atoms with van der Waals surface area (Å²) >= 11 is 3.68. The van der Waals surface area contributed by atoms with Crippen molar-refractivity contribution in [3.05, 3.63) is 12.3 Å². The molecule has 54 valence electrons. The first-order valence-electron chi connectivity index (χ1n) is 3.08. The molecule has 0 aromatic carbocycles. The number of ether oxygens (including phenoxy) is 1. The maximum Gasteiger partial charge on any atom is 0.133 e. The summed E-state index contributed by atoms with van der Waals surface area (Å²) in [6.45, 7) is 5.57. The second-order valence-corrected chi connectivity index (χ2v) is 2.64. The van der Waals surface area contributed by atoms with Crippen LogP contribution >= 0.6 is 12.9 Å².